The molecule has 0 aromatic carbocycles. The fourth-order valence-electron chi connectivity index (χ4n) is 1.37. The van der Waals surface area contributed by atoms with Crippen molar-refractivity contribution in [1.29, 1.82) is 0 Å². The van der Waals surface area contributed by atoms with E-state index in [2.05, 4.69) is 29.2 Å². The molecule has 102 valence electrons. The zero-order valence-corrected chi connectivity index (χ0v) is 11.7. The molecule has 0 saturated carbocycles. The highest BCUT2D eigenvalue weighted by Crippen LogP contribution is 1.92. The van der Waals surface area contributed by atoms with Gasteiger partial charge in [0, 0.05) is 34.3 Å². The Morgan fingerprint density at radius 1 is 1.29 bits per heavy atom. The highest BCUT2D eigenvalue weighted by atomic mass is 16.5. The van der Waals surface area contributed by atoms with Crippen LogP contribution in [0.4, 0.5) is 0 Å². The van der Waals surface area contributed by atoms with Gasteiger partial charge in [0.25, 0.3) is 0 Å². The maximum atomic E-state index is 5.37. The summed E-state index contributed by atoms with van der Waals surface area (Å²) in [6, 6.07) is 0. The minimum absolute atomic E-state index is 0.641. The average molecular weight is 245 g/mol. The number of unbranched alkanes of at least 4 members (excludes halogenated alkanes) is 1. The van der Waals surface area contributed by atoms with Gasteiger partial charge in [-0.3, -0.25) is 4.99 Å². The summed E-state index contributed by atoms with van der Waals surface area (Å²) in [5.41, 5.74) is 0. The summed E-state index contributed by atoms with van der Waals surface area (Å²) in [6.45, 7) is 5.94. The van der Waals surface area contributed by atoms with Crippen molar-refractivity contribution in [2.24, 2.45) is 4.99 Å². The molecule has 0 rings (SSSR count). The standard InChI is InChI=1S/C12H27N3O2/c1-5-6-8-15(3)12(13-2)14-7-9-17-11-10-16-4/h5-11H2,1-4H3,(H,13,14). The van der Waals surface area contributed by atoms with Crippen molar-refractivity contribution in [2.45, 2.75) is 19.8 Å². The van der Waals surface area contributed by atoms with Crippen molar-refractivity contribution in [1.82, 2.24) is 10.2 Å². The highest BCUT2D eigenvalue weighted by Gasteiger charge is 2.03. The van der Waals surface area contributed by atoms with E-state index < -0.39 is 0 Å². The summed E-state index contributed by atoms with van der Waals surface area (Å²) in [5.74, 6) is 0.925. The zero-order valence-electron chi connectivity index (χ0n) is 11.7. The number of ether oxygens (including phenoxy) is 2. The second-order valence-electron chi connectivity index (χ2n) is 3.85. The third kappa shape index (κ3) is 8.94. The summed E-state index contributed by atoms with van der Waals surface area (Å²) in [6.07, 6.45) is 2.38. The van der Waals surface area contributed by atoms with Crippen molar-refractivity contribution in [3.63, 3.8) is 0 Å². The number of methoxy groups -OCH3 is 1. The van der Waals surface area contributed by atoms with Crippen LogP contribution in [0.25, 0.3) is 0 Å². The third-order valence-electron chi connectivity index (χ3n) is 2.38. The van der Waals surface area contributed by atoms with Gasteiger partial charge < -0.3 is 19.7 Å². The minimum atomic E-state index is 0.641. The normalized spacial score (nSPS) is 11.6. The molecule has 0 aliphatic heterocycles. The van der Waals surface area contributed by atoms with E-state index in [0.29, 0.717) is 19.8 Å². The summed E-state index contributed by atoms with van der Waals surface area (Å²) in [4.78, 5) is 6.36. The first-order valence-electron chi connectivity index (χ1n) is 6.24. The third-order valence-corrected chi connectivity index (χ3v) is 2.38. The summed E-state index contributed by atoms with van der Waals surface area (Å²) in [7, 11) is 5.53. The Balaban J connectivity index is 3.61. The quantitative estimate of drug-likeness (QED) is 0.373. The van der Waals surface area contributed by atoms with E-state index in [1.807, 2.05) is 0 Å². The molecule has 0 aromatic rings. The van der Waals surface area contributed by atoms with E-state index in [1.54, 1.807) is 14.2 Å². The molecule has 0 radical (unpaired) electrons. The predicted octanol–water partition coefficient (Wildman–Crippen LogP) is 0.957. The van der Waals surface area contributed by atoms with Gasteiger partial charge >= 0.3 is 0 Å². The van der Waals surface area contributed by atoms with Gasteiger partial charge in [-0.15, -0.1) is 0 Å². The first kappa shape index (κ1) is 16.2. The van der Waals surface area contributed by atoms with E-state index in [0.717, 1.165) is 19.0 Å². The largest absolute Gasteiger partial charge is 0.382 e. The Morgan fingerprint density at radius 2 is 2.06 bits per heavy atom. The summed E-state index contributed by atoms with van der Waals surface area (Å²) < 4.78 is 10.3. The molecular weight excluding hydrogens is 218 g/mol. The van der Waals surface area contributed by atoms with Gasteiger partial charge in [0.1, 0.15) is 0 Å². The molecule has 0 bridgehead atoms. The molecular formula is C12H27N3O2. The number of rotatable bonds is 9. The van der Waals surface area contributed by atoms with Gasteiger partial charge in [0.15, 0.2) is 5.96 Å². The molecule has 5 heteroatoms. The van der Waals surface area contributed by atoms with Gasteiger partial charge in [-0.2, -0.15) is 0 Å². The second-order valence-corrected chi connectivity index (χ2v) is 3.85. The number of hydrogen-bond acceptors (Lipinski definition) is 3. The average Bonchev–Trinajstić information content (AvgIpc) is 2.35. The second kappa shape index (κ2) is 11.7. The van der Waals surface area contributed by atoms with E-state index in [9.17, 15) is 0 Å². The zero-order chi connectivity index (χ0) is 12.9. The van der Waals surface area contributed by atoms with Crippen LogP contribution < -0.4 is 5.32 Å². The van der Waals surface area contributed by atoms with E-state index in [4.69, 9.17) is 9.47 Å². The van der Waals surface area contributed by atoms with Crippen molar-refractivity contribution in [2.75, 3.05) is 54.1 Å². The molecule has 0 unspecified atom stereocenters. The maximum absolute atomic E-state index is 5.37. The molecule has 0 aliphatic carbocycles. The van der Waals surface area contributed by atoms with Crippen LogP contribution >= 0.6 is 0 Å². The Hall–Kier alpha value is -0.810. The van der Waals surface area contributed by atoms with Crippen LogP contribution in [0.1, 0.15) is 19.8 Å². The number of nitrogens with one attached hydrogen (secondary N) is 1. The highest BCUT2D eigenvalue weighted by molar-refractivity contribution is 5.79. The number of hydrogen-bond donors (Lipinski definition) is 1. The van der Waals surface area contributed by atoms with Crippen molar-refractivity contribution in [3.05, 3.63) is 0 Å². The lowest BCUT2D eigenvalue weighted by molar-refractivity contribution is 0.0731. The van der Waals surface area contributed by atoms with E-state index >= 15 is 0 Å². The Kier molecular flexibility index (Phi) is 11.1. The Morgan fingerprint density at radius 3 is 2.65 bits per heavy atom. The molecule has 1 N–H and O–H groups in total. The molecule has 0 aliphatic rings. The number of guanidine groups is 1. The molecule has 0 heterocycles. The molecule has 5 nitrogen and oxygen atoms in total. The number of nitrogens with zero attached hydrogens (tertiary/aromatic N) is 2. The molecule has 0 saturated heterocycles. The van der Waals surface area contributed by atoms with Crippen molar-refractivity contribution >= 4 is 5.96 Å². The molecule has 0 atom stereocenters. The van der Waals surface area contributed by atoms with Crippen molar-refractivity contribution < 1.29 is 9.47 Å². The van der Waals surface area contributed by atoms with Crippen LogP contribution in [0, 0.1) is 0 Å². The fourth-order valence-corrected chi connectivity index (χ4v) is 1.37. The van der Waals surface area contributed by atoms with Crippen LogP contribution in [-0.4, -0.2) is 65.0 Å². The van der Waals surface area contributed by atoms with E-state index in [-0.39, 0.29) is 0 Å². The fraction of sp³-hybridized carbons (Fsp3) is 0.917. The first-order chi connectivity index (χ1) is 8.26. The maximum Gasteiger partial charge on any atom is 0.193 e. The lowest BCUT2D eigenvalue weighted by atomic mass is 10.3. The Bertz CT molecular complexity index is 198. The Labute approximate surface area is 105 Å². The summed E-state index contributed by atoms with van der Waals surface area (Å²) in [5, 5.41) is 3.27. The molecule has 17 heavy (non-hydrogen) atoms. The predicted molar refractivity (Wildman–Crippen MR) is 71.6 cm³/mol. The summed E-state index contributed by atoms with van der Waals surface area (Å²) >= 11 is 0. The molecule has 0 amide bonds. The minimum Gasteiger partial charge on any atom is -0.382 e. The van der Waals surface area contributed by atoms with Gasteiger partial charge in [-0.25, -0.2) is 0 Å². The monoisotopic (exact) mass is 245 g/mol. The lowest BCUT2D eigenvalue weighted by Crippen LogP contribution is -2.40. The van der Waals surface area contributed by atoms with Gasteiger partial charge in [0.2, 0.25) is 0 Å². The molecule has 0 fully saturated rings. The van der Waals surface area contributed by atoms with Crippen molar-refractivity contribution in [3.8, 4) is 0 Å². The topological polar surface area (TPSA) is 46.1 Å². The van der Waals surface area contributed by atoms with Crippen LogP contribution in [-0.2, 0) is 9.47 Å². The van der Waals surface area contributed by atoms with Crippen LogP contribution in [0.2, 0.25) is 0 Å². The van der Waals surface area contributed by atoms with Gasteiger partial charge in [-0.05, 0) is 6.42 Å². The molecule has 0 spiro atoms. The SMILES string of the molecule is CCCCN(C)C(=NC)NCCOCCOC. The van der Waals surface area contributed by atoms with E-state index in [1.165, 1.54) is 12.8 Å². The van der Waals surface area contributed by atoms with Gasteiger partial charge in [-0.1, -0.05) is 13.3 Å². The lowest BCUT2D eigenvalue weighted by Gasteiger charge is -2.21. The van der Waals surface area contributed by atoms with Crippen LogP contribution in [0.3, 0.4) is 0 Å². The first-order valence-corrected chi connectivity index (χ1v) is 6.24. The molecule has 0 aromatic heterocycles. The van der Waals surface area contributed by atoms with Crippen LogP contribution in [0.5, 0.6) is 0 Å². The number of aliphatic imine (C=N–C) groups is 1. The van der Waals surface area contributed by atoms with Crippen LogP contribution in [0.15, 0.2) is 4.99 Å². The van der Waals surface area contributed by atoms with Gasteiger partial charge in [0.05, 0.1) is 19.8 Å². The smallest absolute Gasteiger partial charge is 0.193 e.